The van der Waals surface area contributed by atoms with Crippen molar-refractivity contribution in [2.45, 2.75) is 50.7 Å². The number of carbonyl (C=O) groups is 2. The van der Waals surface area contributed by atoms with Gasteiger partial charge in [0.15, 0.2) is 11.4 Å². The molecule has 1 aromatic heterocycles. The van der Waals surface area contributed by atoms with E-state index in [0.717, 1.165) is 6.07 Å². The predicted octanol–water partition coefficient (Wildman–Crippen LogP) is 2.64. The van der Waals surface area contributed by atoms with E-state index in [1.54, 1.807) is 17.0 Å². The van der Waals surface area contributed by atoms with Gasteiger partial charge in [0.25, 0.3) is 5.91 Å². The number of piperidine rings is 1. The van der Waals surface area contributed by atoms with Gasteiger partial charge in [-0.25, -0.2) is 8.78 Å². The van der Waals surface area contributed by atoms with Crippen LogP contribution >= 0.6 is 11.8 Å². The zero-order valence-electron chi connectivity index (χ0n) is 21.5. The number of benzene rings is 1. The number of nitrogens with one attached hydrogen (secondary N) is 2. The molecule has 0 bridgehead atoms. The topological polar surface area (TPSA) is 134 Å². The largest absolute Gasteiger partial charge is 0.502 e. The van der Waals surface area contributed by atoms with Gasteiger partial charge in [0.05, 0.1) is 10.6 Å². The Morgan fingerprint density at radius 1 is 1.23 bits per heavy atom. The third-order valence-corrected chi connectivity index (χ3v) is 8.78. The number of aromatic hydroxyl groups is 1. The molecule has 3 N–H and O–H groups in total. The summed E-state index contributed by atoms with van der Waals surface area (Å²) < 4.78 is 28.7. The van der Waals surface area contributed by atoms with Gasteiger partial charge in [-0.05, 0) is 25.0 Å². The van der Waals surface area contributed by atoms with Crippen molar-refractivity contribution >= 4 is 33.7 Å². The van der Waals surface area contributed by atoms with E-state index >= 15 is 0 Å². The summed E-state index contributed by atoms with van der Waals surface area (Å²) in [5.74, 6) is -2.79. The van der Waals surface area contributed by atoms with Crippen LogP contribution in [0.3, 0.4) is 0 Å². The molecule has 2 saturated heterocycles. The van der Waals surface area contributed by atoms with Gasteiger partial charge in [0, 0.05) is 64.1 Å². The maximum absolute atomic E-state index is 14.0. The summed E-state index contributed by atoms with van der Waals surface area (Å²) in [6, 6.07) is 2.96. The molecule has 4 heterocycles. The predicted molar refractivity (Wildman–Crippen MR) is 142 cm³/mol. The van der Waals surface area contributed by atoms with E-state index in [0.29, 0.717) is 56.6 Å². The summed E-state index contributed by atoms with van der Waals surface area (Å²) in [7, 11) is 1.74. The zero-order valence-corrected chi connectivity index (χ0v) is 22.3. The number of hydrogen-bond acceptors (Lipinski definition) is 8. The lowest BCUT2D eigenvalue weighted by molar-refractivity contribution is -0.131. The molecule has 39 heavy (non-hydrogen) atoms. The standard InChI is InChI=1S/C26H28F2N6O4S/c1-3-33-25(38)21-23(37)22(36)17(24(30)39-19(29)10-14-4-5-15(27)11-18(14)28)13-34(21)31(2)26(33)8-9-32-16(12-26)6-7-20(32)35/h4-5,11,13,16,29-30,37H,3,6-10,12H2,1-2H3. The van der Waals surface area contributed by atoms with Gasteiger partial charge in [-0.3, -0.25) is 34.9 Å². The van der Waals surface area contributed by atoms with Crippen LogP contribution in [0, 0.1) is 22.5 Å². The van der Waals surface area contributed by atoms with Crippen LogP contribution in [-0.4, -0.2) is 73.3 Å². The number of hydrogen-bond donors (Lipinski definition) is 3. The Kier molecular flexibility index (Phi) is 6.73. The maximum atomic E-state index is 14.0. The second-order valence-electron chi connectivity index (χ2n) is 9.97. The fourth-order valence-electron chi connectivity index (χ4n) is 6.00. The van der Waals surface area contributed by atoms with Gasteiger partial charge in [-0.15, -0.1) is 0 Å². The smallest absolute Gasteiger partial charge is 0.278 e. The molecule has 0 saturated carbocycles. The summed E-state index contributed by atoms with van der Waals surface area (Å²) in [5.41, 5.74) is -2.12. The normalized spacial score (nSPS) is 22.4. The maximum Gasteiger partial charge on any atom is 0.278 e. The lowest BCUT2D eigenvalue weighted by Crippen LogP contribution is -2.72. The van der Waals surface area contributed by atoms with E-state index in [9.17, 15) is 28.3 Å². The van der Waals surface area contributed by atoms with Crippen LogP contribution in [0.5, 0.6) is 5.75 Å². The second kappa shape index (κ2) is 9.78. The number of nitrogens with zero attached hydrogens (tertiary/aromatic N) is 4. The molecule has 2 aromatic rings. The van der Waals surface area contributed by atoms with Crippen molar-refractivity contribution in [1.82, 2.24) is 14.5 Å². The van der Waals surface area contributed by atoms with Gasteiger partial charge < -0.3 is 14.9 Å². The fraction of sp³-hybridized carbons (Fsp3) is 0.423. The van der Waals surface area contributed by atoms with Crippen molar-refractivity contribution in [3.8, 4) is 5.75 Å². The molecule has 206 valence electrons. The summed E-state index contributed by atoms with van der Waals surface area (Å²) in [6.07, 6.45) is 3.20. The molecule has 0 radical (unpaired) electrons. The van der Waals surface area contributed by atoms with E-state index in [2.05, 4.69) is 0 Å². The van der Waals surface area contributed by atoms with Crippen LogP contribution in [0.25, 0.3) is 0 Å². The summed E-state index contributed by atoms with van der Waals surface area (Å²) in [6.45, 7) is 2.61. The lowest BCUT2D eigenvalue weighted by atomic mass is 9.87. The Hall–Kier alpha value is -3.74. The second-order valence-corrected chi connectivity index (χ2v) is 11.1. The third-order valence-electron chi connectivity index (χ3n) is 7.96. The highest BCUT2D eigenvalue weighted by Crippen LogP contribution is 2.42. The molecule has 2 amide bonds. The van der Waals surface area contributed by atoms with Gasteiger partial charge in [-0.1, -0.05) is 17.8 Å². The Labute approximate surface area is 227 Å². The Morgan fingerprint density at radius 3 is 2.67 bits per heavy atom. The monoisotopic (exact) mass is 558 g/mol. The number of rotatable bonds is 4. The fourth-order valence-corrected chi connectivity index (χ4v) is 6.73. The van der Waals surface area contributed by atoms with Crippen LogP contribution in [0.2, 0.25) is 0 Å². The van der Waals surface area contributed by atoms with Crippen molar-refractivity contribution in [2.24, 2.45) is 0 Å². The first-order chi connectivity index (χ1) is 18.5. The first-order valence-corrected chi connectivity index (χ1v) is 13.4. The average molecular weight is 559 g/mol. The molecule has 1 aromatic carbocycles. The molecule has 3 aliphatic rings. The molecular weight excluding hydrogens is 530 g/mol. The molecule has 13 heteroatoms. The average Bonchev–Trinajstić information content (AvgIpc) is 3.25. The molecule has 2 fully saturated rings. The van der Waals surface area contributed by atoms with E-state index in [1.165, 1.54) is 16.9 Å². The van der Waals surface area contributed by atoms with Gasteiger partial charge in [-0.2, -0.15) is 0 Å². The lowest BCUT2D eigenvalue weighted by Gasteiger charge is -2.58. The van der Waals surface area contributed by atoms with Gasteiger partial charge >= 0.3 is 0 Å². The third kappa shape index (κ3) is 4.28. The number of amides is 2. The summed E-state index contributed by atoms with van der Waals surface area (Å²) >= 11 is 0.605. The van der Waals surface area contributed by atoms with Gasteiger partial charge in [0.2, 0.25) is 11.3 Å². The first-order valence-electron chi connectivity index (χ1n) is 12.6. The van der Waals surface area contributed by atoms with Crippen molar-refractivity contribution in [1.29, 1.82) is 10.8 Å². The first kappa shape index (κ1) is 26.9. The minimum atomic E-state index is -0.926. The molecular formula is C26H28F2N6O4S. The van der Waals surface area contributed by atoms with E-state index in [1.807, 2.05) is 11.8 Å². The molecule has 5 rings (SSSR count). The van der Waals surface area contributed by atoms with Crippen LogP contribution in [0.1, 0.15) is 54.2 Å². The Balaban J connectivity index is 1.47. The number of pyridine rings is 1. The Morgan fingerprint density at radius 2 is 1.97 bits per heavy atom. The van der Waals surface area contributed by atoms with Crippen LogP contribution in [-0.2, 0) is 11.2 Å². The quantitative estimate of drug-likeness (QED) is 0.390. The highest BCUT2D eigenvalue weighted by Gasteiger charge is 2.54. The number of halogens is 2. The van der Waals surface area contributed by atoms with Crippen molar-refractivity contribution in [3.63, 3.8) is 0 Å². The number of carbonyl (C=O) groups excluding carboxylic acids is 2. The molecule has 10 nitrogen and oxygen atoms in total. The van der Waals surface area contributed by atoms with E-state index in [-0.39, 0.29) is 45.3 Å². The molecule has 2 atom stereocenters. The van der Waals surface area contributed by atoms with Crippen molar-refractivity contribution in [2.75, 3.05) is 25.1 Å². The van der Waals surface area contributed by atoms with Crippen molar-refractivity contribution in [3.05, 3.63) is 63.1 Å². The van der Waals surface area contributed by atoms with Crippen LogP contribution in [0.15, 0.2) is 29.2 Å². The molecule has 3 aliphatic heterocycles. The number of fused-ring (bicyclic) bond motifs is 2. The zero-order chi connectivity index (χ0) is 28.2. The van der Waals surface area contributed by atoms with Crippen LogP contribution in [0.4, 0.5) is 8.78 Å². The molecule has 2 unspecified atom stereocenters. The summed E-state index contributed by atoms with van der Waals surface area (Å²) in [4.78, 5) is 42.5. The van der Waals surface area contributed by atoms with E-state index < -0.39 is 34.4 Å². The van der Waals surface area contributed by atoms with E-state index in [4.69, 9.17) is 10.8 Å². The highest BCUT2D eigenvalue weighted by molar-refractivity contribution is 8.26. The number of thioether (sulfide) groups is 1. The highest BCUT2D eigenvalue weighted by atomic mass is 32.2. The summed E-state index contributed by atoms with van der Waals surface area (Å²) in [5, 5.41) is 28.9. The van der Waals surface area contributed by atoms with Gasteiger partial charge in [0.1, 0.15) is 22.3 Å². The Bertz CT molecular complexity index is 1480. The SMILES string of the molecule is CCN1C(=O)c2c(O)c(=O)c(C(=N)SC(=N)Cc3ccc(F)cc3F)cn2N(C)C12CCN1C(=O)CCC1C2. The molecule has 0 aliphatic carbocycles. The minimum absolute atomic E-state index is 0.0364. The number of aromatic nitrogens is 1. The van der Waals surface area contributed by atoms with Crippen LogP contribution < -0.4 is 10.4 Å². The molecule has 1 spiro atoms. The minimum Gasteiger partial charge on any atom is -0.502 e. The van der Waals surface area contributed by atoms with Crippen molar-refractivity contribution < 1.29 is 23.5 Å².